The predicted molar refractivity (Wildman–Crippen MR) is 46.5 cm³/mol. The number of aliphatic hydroxyl groups is 2. The molecular weight excluding hydrogens is 174 g/mol. The summed E-state index contributed by atoms with van der Waals surface area (Å²) in [5.41, 5.74) is 0. The van der Waals surface area contributed by atoms with Gasteiger partial charge in [0.2, 0.25) is 0 Å². The lowest BCUT2D eigenvalue weighted by molar-refractivity contribution is -0.0869. The minimum Gasteiger partial charge on any atom is -0.394 e. The minimum atomic E-state index is -0.690. The molecule has 0 bridgehead atoms. The summed E-state index contributed by atoms with van der Waals surface area (Å²) in [4.78, 5) is 0. The van der Waals surface area contributed by atoms with Crippen LogP contribution in [0.1, 0.15) is 0 Å². The number of aliphatic hydroxyl groups excluding tert-OH is 2. The maximum absolute atomic E-state index is 9.00. The number of hydrogen-bond acceptors (Lipinski definition) is 5. The normalized spacial score (nSPS) is 25.8. The van der Waals surface area contributed by atoms with E-state index in [-0.39, 0.29) is 12.7 Å². The second-order valence-corrected chi connectivity index (χ2v) is 3.06. The van der Waals surface area contributed by atoms with E-state index in [9.17, 15) is 0 Å². The first kappa shape index (κ1) is 10.9. The van der Waals surface area contributed by atoms with Gasteiger partial charge in [0.25, 0.3) is 0 Å². The summed E-state index contributed by atoms with van der Waals surface area (Å²) in [6.45, 7) is 2.72. The zero-order chi connectivity index (χ0) is 9.52. The van der Waals surface area contributed by atoms with Crippen LogP contribution in [0.4, 0.5) is 0 Å². The zero-order valence-electron chi connectivity index (χ0n) is 7.61. The largest absolute Gasteiger partial charge is 0.394 e. The van der Waals surface area contributed by atoms with Crippen molar-refractivity contribution in [1.29, 1.82) is 0 Å². The predicted octanol–water partition coefficient (Wildman–Crippen LogP) is -1.66. The summed E-state index contributed by atoms with van der Waals surface area (Å²) >= 11 is 0. The van der Waals surface area contributed by atoms with Gasteiger partial charge >= 0.3 is 0 Å². The van der Waals surface area contributed by atoms with E-state index in [2.05, 4.69) is 5.32 Å². The van der Waals surface area contributed by atoms with Crippen molar-refractivity contribution >= 4 is 0 Å². The van der Waals surface area contributed by atoms with Gasteiger partial charge in [-0.2, -0.15) is 0 Å². The fraction of sp³-hybridized carbons (Fsp3) is 1.00. The molecule has 0 spiro atoms. The van der Waals surface area contributed by atoms with Gasteiger partial charge in [-0.1, -0.05) is 0 Å². The molecule has 0 radical (unpaired) electrons. The molecule has 1 rings (SSSR count). The highest BCUT2D eigenvalue weighted by atomic mass is 16.6. The Kier molecular flexibility index (Phi) is 5.26. The van der Waals surface area contributed by atoms with Crippen molar-refractivity contribution in [3.63, 3.8) is 0 Å². The quantitative estimate of drug-likeness (QED) is 0.485. The average Bonchev–Trinajstić information content (AvgIpc) is 2.19. The molecule has 1 heterocycles. The van der Waals surface area contributed by atoms with Crippen LogP contribution < -0.4 is 5.32 Å². The maximum atomic E-state index is 9.00. The van der Waals surface area contributed by atoms with Gasteiger partial charge in [0, 0.05) is 13.1 Å². The Morgan fingerprint density at radius 2 is 2.31 bits per heavy atom. The Bertz CT molecular complexity index is 127. The second kappa shape index (κ2) is 6.28. The molecule has 5 heteroatoms. The Hall–Kier alpha value is -0.200. The van der Waals surface area contributed by atoms with Gasteiger partial charge in [-0.15, -0.1) is 0 Å². The third-order valence-corrected chi connectivity index (χ3v) is 1.85. The van der Waals surface area contributed by atoms with Gasteiger partial charge < -0.3 is 25.0 Å². The molecule has 0 amide bonds. The van der Waals surface area contributed by atoms with Gasteiger partial charge in [0.05, 0.1) is 38.6 Å². The van der Waals surface area contributed by atoms with E-state index in [1.165, 1.54) is 0 Å². The van der Waals surface area contributed by atoms with Gasteiger partial charge in [-0.3, -0.25) is 0 Å². The SMILES string of the molecule is OCC(O)CNCC1COCCO1. The fourth-order valence-corrected chi connectivity index (χ4v) is 1.13. The molecule has 3 N–H and O–H groups in total. The molecular formula is C8H17NO4. The van der Waals surface area contributed by atoms with Crippen LogP contribution in [0.3, 0.4) is 0 Å². The Labute approximate surface area is 77.7 Å². The second-order valence-electron chi connectivity index (χ2n) is 3.06. The van der Waals surface area contributed by atoms with Crippen LogP contribution >= 0.6 is 0 Å². The van der Waals surface area contributed by atoms with E-state index in [1.54, 1.807) is 0 Å². The summed E-state index contributed by atoms with van der Waals surface area (Å²) in [6.07, 6.45) is -0.621. The number of rotatable bonds is 5. The van der Waals surface area contributed by atoms with E-state index < -0.39 is 6.10 Å². The number of nitrogens with one attached hydrogen (secondary N) is 1. The highest BCUT2D eigenvalue weighted by molar-refractivity contribution is 4.66. The molecule has 1 aliphatic rings. The first-order valence-corrected chi connectivity index (χ1v) is 4.52. The summed E-state index contributed by atoms with van der Waals surface area (Å²) in [6, 6.07) is 0. The Morgan fingerprint density at radius 1 is 1.46 bits per heavy atom. The van der Waals surface area contributed by atoms with E-state index in [4.69, 9.17) is 19.7 Å². The maximum Gasteiger partial charge on any atom is 0.0933 e. The lowest BCUT2D eigenvalue weighted by atomic mass is 10.3. The molecule has 0 aromatic carbocycles. The molecule has 1 fully saturated rings. The number of hydrogen-bond donors (Lipinski definition) is 3. The first-order chi connectivity index (χ1) is 6.33. The van der Waals surface area contributed by atoms with Crippen molar-refractivity contribution < 1.29 is 19.7 Å². The van der Waals surface area contributed by atoms with Crippen LogP contribution in [0.2, 0.25) is 0 Å². The van der Waals surface area contributed by atoms with E-state index in [0.717, 1.165) is 0 Å². The molecule has 2 atom stereocenters. The molecule has 0 aliphatic carbocycles. The van der Waals surface area contributed by atoms with E-state index in [0.29, 0.717) is 32.9 Å². The minimum absolute atomic E-state index is 0.0691. The smallest absolute Gasteiger partial charge is 0.0933 e. The van der Waals surface area contributed by atoms with Crippen LogP contribution in [0.15, 0.2) is 0 Å². The van der Waals surface area contributed by atoms with E-state index >= 15 is 0 Å². The highest BCUT2D eigenvalue weighted by Gasteiger charge is 2.13. The first-order valence-electron chi connectivity index (χ1n) is 4.52. The molecule has 1 saturated heterocycles. The van der Waals surface area contributed by atoms with Crippen molar-refractivity contribution in [2.24, 2.45) is 0 Å². The molecule has 2 unspecified atom stereocenters. The van der Waals surface area contributed by atoms with Crippen molar-refractivity contribution in [3.05, 3.63) is 0 Å². The van der Waals surface area contributed by atoms with E-state index in [1.807, 2.05) is 0 Å². The Morgan fingerprint density at radius 3 is 2.92 bits per heavy atom. The summed E-state index contributed by atoms with van der Waals surface area (Å²) in [7, 11) is 0. The highest BCUT2D eigenvalue weighted by Crippen LogP contribution is 1.98. The average molecular weight is 191 g/mol. The summed E-state index contributed by atoms with van der Waals surface area (Å²) in [5.74, 6) is 0. The molecule has 0 aromatic rings. The molecule has 1 aliphatic heterocycles. The van der Waals surface area contributed by atoms with Gasteiger partial charge in [-0.25, -0.2) is 0 Å². The lowest BCUT2D eigenvalue weighted by Gasteiger charge is -2.23. The van der Waals surface area contributed by atoms with Gasteiger partial charge in [0.1, 0.15) is 0 Å². The Balaban J connectivity index is 1.98. The van der Waals surface area contributed by atoms with Crippen LogP contribution in [-0.4, -0.2) is 61.9 Å². The van der Waals surface area contributed by atoms with Crippen molar-refractivity contribution in [1.82, 2.24) is 5.32 Å². The van der Waals surface area contributed by atoms with Crippen LogP contribution in [0.25, 0.3) is 0 Å². The summed E-state index contributed by atoms with van der Waals surface area (Å²) < 4.78 is 10.6. The zero-order valence-corrected chi connectivity index (χ0v) is 7.61. The molecule has 13 heavy (non-hydrogen) atoms. The molecule has 0 aromatic heterocycles. The number of ether oxygens (including phenoxy) is 2. The van der Waals surface area contributed by atoms with Crippen molar-refractivity contribution in [3.8, 4) is 0 Å². The fourth-order valence-electron chi connectivity index (χ4n) is 1.13. The van der Waals surface area contributed by atoms with Crippen molar-refractivity contribution in [2.45, 2.75) is 12.2 Å². The van der Waals surface area contributed by atoms with Crippen LogP contribution in [0, 0.1) is 0 Å². The van der Waals surface area contributed by atoms with Gasteiger partial charge in [0.15, 0.2) is 0 Å². The lowest BCUT2D eigenvalue weighted by Crippen LogP contribution is -2.40. The van der Waals surface area contributed by atoms with Crippen molar-refractivity contribution in [2.75, 3.05) is 39.5 Å². The molecule has 5 nitrogen and oxygen atoms in total. The molecule has 78 valence electrons. The standard InChI is InChI=1S/C8H17NO4/c10-5-7(11)3-9-4-8-6-12-1-2-13-8/h7-11H,1-6H2. The monoisotopic (exact) mass is 191 g/mol. The topological polar surface area (TPSA) is 71.0 Å². The summed E-state index contributed by atoms with van der Waals surface area (Å²) in [5, 5.41) is 20.5. The van der Waals surface area contributed by atoms with Crippen LogP contribution in [0.5, 0.6) is 0 Å². The van der Waals surface area contributed by atoms with Crippen LogP contribution in [-0.2, 0) is 9.47 Å². The molecule has 0 saturated carbocycles. The van der Waals surface area contributed by atoms with Gasteiger partial charge in [-0.05, 0) is 0 Å². The third kappa shape index (κ3) is 4.54. The third-order valence-electron chi connectivity index (χ3n) is 1.85.